The number of phenols is 1. The number of aromatic hydroxyl groups is 1. The van der Waals surface area contributed by atoms with Crippen molar-refractivity contribution in [2.24, 2.45) is 5.92 Å². The third kappa shape index (κ3) is 2.91. The summed E-state index contributed by atoms with van der Waals surface area (Å²) in [4.78, 5) is 22.0. The Morgan fingerprint density at radius 2 is 2.09 bits per heavy atom. The van der Waals surface area contributed by atoms with E-state index in [1.54, 1.807) is 12.3 Å². The monoisotopic (exact) mass is 475 g/mol. The van der Waals surface area contributed by atoms with Crippen LogP contribution in [0.4, 0.5) is 0 Å². The number of rotatable bonds is 5. The number of phenolic OH excluding ortho intramolecular Hbond substituents is 1. The first-order valence-corrected chi connectivity index (χ1v) is 13.1. The molecule has 7 heteroatoms. The van der Waals surface area contributed by atoms with Gasteiger partial charge in [0.1, 0.15) is 6.10 Å². The molecule has 35 heavy (non-hydrogen) atoms. The highest BCUT2D eigenvalue weighted by Gasteiger charge is 2.73. The highest BCUT2D eigenvalue weighted by atomic mass is 16.5. The first-order valence-electron chi connectivity index (χ1n) is 13.1. The molecule has 184 valence electrons. The van der Waals surface area contributed by atoms with Crippen molar-refractivity contribution < 1.29 is 19.7 Å². The number of amides is 1. The number of pyridine rings is 1. The average molecular weight is 476 g/mol. The Labute approximate surface area is 205 Å². The highest BCUT2D eigenvalue weighted by Crippen LogP contribution is 2.66. The highest BCUT2D eigenvalue weighted by molar-refractivity contribution is 5.78. The zero-order valence-corrected chi connectivity index (χ0v) is 20.2. The summed E-state index contributed by atoms with van der Waals surface area (Å²) in [5.74, 6) is 1.41. The topological polar surface area (TPSA) is 86.1 Å². The van der Waals surface area contributed by atoms with E-state index in [1.807, 2.05) is 36.2 Å². The molecule has 2 aliphatic heterocycles. The molecule has 3 heterocycles. The van der Waals surface area contributed by atoms with Crippen LogP contribution in [0.1, 0.15) is 48.9 Å². The molecule has 2 aromatic rings. The molecule has 1 aromatic carbocycles. The number of aliphatic hydroxyl groups is 1. The Hall–Kier alpha value is -2.64. The van der Waals surface area contributed by atoms with Crippen LogP contribution < -0.4 is 4.74 Å². The van der Waals surface area contributed by atoms with Crippen molar-refractivity contribution in [1.82, 2.24) is 14.8 Å². The van der Waals surface area contributed by atoms with Gasteiger partial charge in [-0.05, 0) is 74.8 Å². The molecule has 3 aliphatic carbocycles. The van der Waals surface area contributed by atoms with Crippen molar-refractivity contribution in [2.75, 3.05) is 20.1 Å². The van der Waals surface area contributed by atoms with E-state index in [2.05, 4.69) is 9.88 Å². The van der Waals surface area contributed by atoms with Gasteiger partial charge in [-0.2, -0.15) is 0 Å². The first-order chi connectivity index (χ1) is 16.9. The standard InChI is InChI=1S/C28H33N3O4/c1-30(23(33)15-19-4-2-3-12-29-19)20-9-10-28(34)22-14-18-7-8-21(32)25-24(18)27(28,26(20)35-25)11-13-31(22)16-17-5-6-17/h2-4,7-8,12,17,20,22,26,32,34H,5-6,9-11,13-16H2,1H3/t20-,22+,26-,27-,28+/m0/s1. The maximum atomic E-state index is 13.3. The van der Waals surface area contributed by atoms with Crippen LogP contribution in [0.2, 0.25) is 0 Å². The molecule has 1 aromatic heterocycles. The van der Waals surface area contributed by atoms with E-state index in [9.17, 15) is 15.0 Å². The average Bonchev–Trinajstić information content (AvgIpc) is 3.60. The molecule has 1 spiro atoms. The third-order valence-corrected chi connectivity index (χ3v) is 9.68. The van der Waals surface area contributed by atoms with Gasteiger partial charge in [-0.15, -0.1) is 0 Å². The van der Waals surface area contributed by atoms with Crippen molar-refractivity contribution >= 4 is 5.91 Å². The summed E-state index contributed by atoms with van der Waals surface area (Å²) >= 11 is 0. The number of aromatic nitrogens is 1. The number of carbonyl (C=O) groups is 1. The van der Waals surface area contributed by atoms with Gasteiger partial charge >= 0.3 is 0 Å². The lowest BCUT2D eigenvalue weighted by Gasteiger charge is -2.64. The van der Waals surface area contributed by atoms with Gasteiger partial charge in [0, 0.05) is 37.1 Å². The molecule has 2 bridgehead atoms. The zero-order valence-electron chi connectivity index (χ0n) is 20.2. The second-order valence-corrected chi connectivity index (χ2v) is 11.4. The van der Waals surface area contributed by atoms with Gasteiger partial charge in [-0.1, -0.05) is 12.1 Å². The fourth-order valence-corrected chi connectivity index (χ4v) is 7.82. The fraction of sp³-hybridized carbons (Fsp3) is 0.571. The second-order valence-electron chi connectivity index (χ2n) is 11.4. The Morgan fingerprint density at radius 1 is 1.23 bits per heavy atom. The van der Waals surface area contributed by atoms with Crippen LogP contribution in [-0.2, 0) is 23.1 Å². The summed E-state index contributed by atoms with van der Waals surface area (Å²) in [6.45, 7) is 1.97. The smallest absolute Gasteiger partial charge is 0.228 e. The van der Waals surface area contributed by atoms with Crippen molar-refractivity contribution in [1.29, 1.82) is 0 Å². The molecule has 7 rings (SSSR count). The molecule has 3 fully saturated rings. The van der Waals surface area contributed by atoms with E-state index in [0.717, 1.165) is 43.1 Å². The SMILES string of the molecule is CN(C(=O)Cc1ccccn1)[C@H]1CC[C@@]2(O)[C@H]3Cc4ccc(O)c5c4[C@@]2(CCN3CC2CC2)[C@H]1O5. The Morgan fingerprint density at radius 3 is 2.86 bits per heavy atom. The van der Waals surface area contributed by atoms with Crippen molar-refractivity contribution in [3.05, 3.63) is 53.3 Å². The Kier molecular flexibility index (Phi) is 4.59. The molecule has 0 radical (unpaired) electrons. The predicted molar refractivity (Wildman–Crippen MR) is 129 cm³/mol. The number of nitrogens with zero attached hydrogens (tertiary/aromatic N) is 3. The van der Waals surface area contributed by atoms with E-state index in [0.29, 0.717) is 18.6 Å². The van der Waals surface area contributed by atoms with Gasteiger partial charge in [0.05, 0.1) is 23.5 Å². The minimum atomic E-state index is -0.932. The summed E-state index contributed by atoms with van der Waals surface area (Å²) in [5, 5.41) is 23.4. The summed E-state index contributed by atoms with van der Waals surface area (Å²) < 4.78 is 6.60. The zero-order chi connectivity index (χ0) is 23.9. The number of piperidine rings is 1. The molecule has 1 saturated heterocycles. The van der Waals surface area contributed by atoms with Crippen LogP contribution in [-0.4, -0.2) is 74.8 Å². The maximum absolute atomic E-state index is 13.3. The molecule has 5 atom stereocenters. The third-order valence-electron chi connectivity index (χ3n) is 9.68. The molecule has 2 saturated carbocycles. The second kappa shape index (κ2) is 7.43. The quantitative estimate of drug-likeness (QED) is 0.691. The number of likely N-dealkylation sites (tertiary alicyclic amines) is 1. The number of carbonyl (C=O) groups excluding carboxylic acids is 1. The van der Waals surface area contributed by atoms with Crippen LogP contribution in [0.3, 0.4) is 0 Å². The largest absolute Gasteiger partial charge is 0.504 e. The Bertz CT molecular complexity index is 1180. The lowest BCUT2D eigenvalue weighted by atomic mass is 9.48. The molecule has 2 N–H and O–H groups in total. The molecular formula is C28H33N3O4. The van der Waals surface area contributed by atoms with Crippen LogP contribution in [0.25, 0.3) is 0 Å². The van der Waals surface area contributed by atoms with E-state index < -0.39 is 11.0 Å². The van der Waals surface area contributed by atoms with Gasteiger partial charge in [0.15, 0.2) is 11.5 Å². The van der Waals surface area contributed by atoms with Crippen molar-refractivity contribution in [3.8, 4) is 11.5 Å². The van der Waals surface area contributed by atoms with E-state index in [4.69, 9.17) is 4.74 Å². The summed E-state index contributed by atoms with van der Waals surface area (Å²) in [5.41, 5.74) is 1.39. The van der Waals surface area contributed by atoms with Gasteiger partial charge in [-0.25, -0.2) is 0 Å². The van der Waals surface area contributed by atoms with Gasteiger partial charge in [0.25, 0.3) is 0 Å². The van der Waals surface area contributed by atoms with Crippen LogP contribution in [0, 0.1) is 5.92 Å². The van der Waals surface area contributed by atoms with Gasteiger partial charge in [0.2, 0.25) is 5.91 Å². The minimum absolute atomic E-state index is 0.00179. The summed E-state index contributed by atoms with van der Waals surface area (Å²) in [7, 11) is 1.85. The Balaban J connectivity index is 1.28. The number of hydrogen-bond acceptors (Lipinski definition) is 6. The van der Waals surface area contributed by atoms with Gasteiger partial charge in [-0.3, -0.25) is 14.7 Å². The number of ether oxygens (including phenoxy) is 1. The maximum Gasteiger partial charge on any atom is 0.228 e. The van der Waals surface area contributed by atoms with Gasteiger partial charge < -0.3 is 19.8 Å². The molecule has 7 nitrogen and oxygen atoms in total. The molecule has 0 unspecified atom stereocenters. The van der Waals surface area contributed by atoms with Crippen LogP contribution >= 0.6 is 0 Å². The summed E-state index contributed by atoms with van der Waals surface area (Å²) in [6, 6.07) is 9.24. The molecule has 5 aliphatic rings. The van der Waals surface area contributed by atoms with Crippen LogP contribution in [0.15, 0.2) is 36.5 Å². The summed E-state index contributed by atoms with van der Waals surface area (Å²) in [6.07, 6.45) is 7.00. The predicted octanol–water partition coefficient (Wildman–Crippen LogP) is 2.42. The lowest BCUT2D eigenvalue weighted by Crippen LogP contribution is -2.78. The van der Waals surface area contributed by atoms with E-state index in [1.165, 1.54) is 18.4 Å². The lowest BCUT2D eigenvalue weighted by molar-refractivity contribution is -0.200. The molecular weight excluding hydrogens is 442 g/mol. The van der Waals surface area contributed by atoms with E-state index in [-0.39, 0.29) is 36.3 Å². The van der Waals surface area contributed by atoms with Crippen LogP contribution in [0.5, 0.6) is 11.5 Å². The number of hydrogen-bond donors (Lipinski definition) is 2. The minimum Gasteiger partial charge on any atom is -0.504 e. The first kappa shape index (κ1) is 21.6. The normalized spacial score (nSPS) is 34.7. The number of benzene rings is 1. The van der Waals surface area contributed by atoms with Crippen molar-refractivity contribution in [2.45, 2.75) is 74.1 Å². The number of likely N-dealkylation sites (N-methyl/N-ethyl adjacent to an activating group) is 1. The molecule has 1 amide bonds. The fourth-order valence-electron chi connectivity index (χ4n) is 7.82. The van der Waals surface area contributed by atoms with Crippen molar-refractivity contribution in [3.63, 3.8) is 0 Å². The van der Waals surface area contributed by atoms with E-state index >= 15 is 0 Å².